The van der Waals surface area contributed by atoms with E-state index in [1.165, 1.54) is 5.56 Å². The lowest BCUT2D eigenvalue weighted by Gasteiger charge is -2.16. The number of rotatable bonds is 5. The molecule has 0 bridgehead atoms. The van der Waals surface area contributed by atoms with Gasteiger partial charge in [-0.05, 0) is 32.0 Å². The van der Waals surface area contributed by atoms with Gasteiger partial charge in [0.15, 0.2) is 0 Å². The van der Waals surface area contributed by atoms with Crippen LogP contribution in [0.2, 0.25) is 0 Å². The number of aromatic nitrogens is 1. The van der Waals surface area contributed by atoms with Gasteiger partial charge in [0, 0.05) is 25.5 Å². The highest BCUT2D eigenvalue weighted by atomic mass is 16.3. The van der Waals surface area contributed by atoms with Gasteiger partial charge in [-0.2, -0.15) is 0 Å². The van der Waals surface area contributed by atoms with Crippen molar-refractivity contribution in [2.24, 2.45) is 0 Å². The van der Waals surface area contributed by atoms with Crippen LogP contribution in [0.25, 0.3) is 0 Å². The van der Waals surface area contributed by atoms with Crippen LogP contribution < -0.4 is 0 Å². The van der Waals surface area contributed by atoms with Crippen molar-refractivity contribution < 1.29 is 5.11 Å². The lowest BCUT2D eigenvalue weighted by atomic mass is 10.2. The van der Waals surface area contributed by atoms with Crippen LogP contribution in [0.4, 0.5) is 0 Å². The summed E-state index contributed by atoms with van der Waals surface area (Å²) in [5.74, 6) is 0. The summed E-state index contributed by atoms with van der Waals surface area (Å²) in [5, 5.41) is 9.09. The zero-order chi connectivity index (χ0) is 9.68. The third-order valence-corrected chi connectivity index (χ3v) is 2.04. The second-order valence-electron chi connectivity index (χ2n) is 3.59. The molecule has 0 aliphatic carbocycles. The molecule has 1 atom stereocenters. The SMILES string of the molecule is CC(O)CCN(C)Cc1cc[nH]c1. The molecule has 13 heavy (non-hydrogen) atoms. The van der Waals surface area contributed by atoms with E-state index in [1.807, 2.05) is 19.3 Å². The fraction of sp³-hybridized carbons (Fsp3) is 0.600. The van der Waals surface area contributed by atoms with Crippen molar-refractivity contribution >= 4 is 0 Å². The van der Waals surface area contributed by atoms with Crippen LogP contribution in [-0.2, 0) is 6.54 Å². The number of H-pyrrole nitrogens is 1. The normalized spacial score (nSPS) is 13.5. The van der Waals surface area contributed by atoms with Crippen molar-refractivity contribution in [3.05, 3.63) is 24.0 Å². The molecule has 2 N–H and O–H groups in total. The molecule has 0 saturated carbocycles. The molecule has 1 rings (SSSR count). The Hall–Kier alpha value is -0.800. The summed E-state index contributed by atoms with van der Waals surface area (Å²) >= 11 is 0. The minimum absolute atomic E-state index is 0.200. The van der Waals surface area contributed by atoms with Crippen LogP contribution >= 0.6 is 0 Å². The molecule has 1 unspecified atom stereocenters. The number of hydrogen-bond acceptors (Lipinski definition) is 2. The minimum Gasteiger partial charge on any atom is -0.393 e. The van der Waals surface area contributed by atoms with Crippen molar-refractivity contribution in [2.45, 2.75) is 26.0 Å². The Labute approximate surface area is 79.4 Å². The first-order chi connectivity index (χ1) is 6.18. The molecule has 0 fully saturated rings. The maximum absolute atomic E-state index is 9.09. The number of nitrogens with zero attached hydrogens (tertiary/aromatic N) is 1. The monoisotopic (exact) mass is 182 g/mol. The van der Waals surface area contributed by atoms with Crippen molar-refractivity contribution in [1.82, 2.24) is 9.88 Å². The topological polar surface area (TPSA) is 39.3 Å². The second kappa shape index (κ2) is 5.04. The van der Waals surface area contributed by atoms with Crippen LogP contribution in [-0.4, -0.2) is 34.7 Å². The van der Waals surface area contributed by atoms with Gasteiger partial charge in [-0.1, -0.05) is 0 Å². The molecule has 1 heterocycles. The Morgan fingerprint density at radius 1 is 1.62 bits per heavy atom. The van der Waals surface area contributed by atoms with Gasteiger partial charge in [0.25, 0.3) is 0 Å². The lowest BCUT2D eigenvalue weighted by molar-refractivity contribution is 0.163. The molecule has 0 radical (unpaired) electrons. The van der Waals surface area contributed by atoms with Crippen LogP contribution in [0.3, 0.4) is 0 Å². The van der Waals surface area contributed by atoms with Crippen LogP contribution in [0, 0.1) is 0 Å². The van der Waals surface area contributed by atoms with Crippen molar-refractivity contribution in [2.75, 3.05) is 13.6 Å². The van der Waals surface area contributed by atoms with E-state index in [9.17, 15) is 0 Å². The summed E-state index contributed by atoms with van der Waals surface area (Å²) in [5.41, 5.74) is 1.29. The van der Waals surface area contributed by atoms with Gasteiger partial charge in [0.05, 0.1) is 6.10 Å². The summed E-state index contributed by atoms with van der Waals surface area (Å²) < 4.78 is 0. The lowest BCUT2D eigenvalue weighted by Crippen LogP contribution is -2.21. The Balaban J connectivity index is 2.22. The highest BCUT2D eigenvalue weighted by Crippen LogP contribution is 2.02. The third kappa shape index (κ3) is 4.10. The first-order valence-corrected chi connectivity index (χ1v) is 4.67. The molecule has 3 nitrogen and oxygen atoms in total. The Bertz CT molecular complexity index is 219. The first kappa shape index (κ1) is 10.3. The highest BCUT2D eigenvalue weighted by Gasteiger charge is 2.02. The molecule has 0 amide bonds. The number of nitrogens with one attached hydrogen (secondary N) is 1. The predicted octanol–water partition coefficient (Wildman–Crippen LogP) is 1.22. The predicted molar refractivity (Wildman–Crippen MR) is 53.4 cm³/mol. The van der Waals surface area contributed by atoms with Gasteiger partial charge < -0.3 is 15.0 Å². The Kier molecular flexibility index (Phi) is 3.99. The summed E-state index contributed by atoms with van der Waals surface area (Å²) in [7, 11) is 2.06. The fourth-order valence-electron chi connectivity index (χ4n) is 1.25. The number of aliphatic hydroxyl groups is 1. The summed E-state index contributed by atoms with van der Waals surface area (Å²) in [6.07, 6.45) is 4.56. The average Bonchev–Trinajstić information content (AvgIpc) is 2.53. The van der Waals surface area contributed by atoms with Crippen molar-refractivity contribution in [1.29, 1.82) is 0 Å². The van der Waals surface area contributed by atoms with Gasteiger partial charge in [-0.25, -0.2) is 0 Å². The molecule has 3 heteroatoms. The van der Waals surface area contributed by atoms with E-state index in [2.05, 4.69) is 23.0 Å². The highest BCUT2D eigenvalue weighted by molar-refractivity contribution is 5.07. The zero-order valence-corrected chi connectivity index (χ0v) is 8.33. The molecule has 0 spiro atoms. The van der Waals surface area contributed by atoms with Gasteiger partial charge >= 0.3 is 0 Å². The van der Waals surface area contributed by atoms with E-state index < -0.39 is 0 Å². The third-order valence-electron chi connectivity index (χ3n) is 2.04. The molecule has 1 aromatic heterocycles. The largest absolute Gasteiger partial charge is 0.393 e. The molecule has 0 saturated heterocycles. The van der Waals surface area contributed by atoms with E-state index in [4.69, 9.17) is 5.11 Å². The van der Waals surface area contributed by atoms with E-state index in [0.29, 0.717) is 0 Å². The standard InChI is InChI=1S/C10H18N2O/c1-9(13)4-6-12(2)8-10-3-5-11-7-10/h3,5,7,9,11,13H,4,6,8H2,1-2H3. The summed E-state index contributed by atoms with van der Waals surface area (Å²) in [6.45, 7) is 3.70. The van der Waals surface area contributed by atoms with Gasteiger partial charge in [0.1, 0.15) is 0 Å². The Morgan fingerprint density at radius 3 is 2.92 bits per heavy atom. The average molecular weight is 182 g/mol. The van der Waals surface area contributed by atoms with E-state index in [0.717, 1.165) is 19.5 Å². The molecular weight excluding hydrogens is 164 g/mol. The number of hydrogen-bond donors (Lipinski definition) is 2. The Morgan fingerprint density at radius 2 is 2.38 bits per heavy atom. The first-order valence-electron chi connectivity index (χ1n) is 4.67. The molecule has 1 aromatic rings. The zero-order valence-electron chi connectivity index (χ0n) is 8.33. The summed E-state index contributed by atoms with van der Waals surface area (Å²) in [4.78, 5) is 5.23. The van der Waals surface area contributed by atoms with E-state index >= 15 is 0 Å². The maximum Gasteiger partial charge on any atom is 0.0524 e. The molecule has 0 aromatic carbocycles. The van der Waals surface area contributed by atoms with E-state index in [-0.39, 0.29) is 6.10 Å². The van der Waals surface area contributed by atoms with Crippen LogP contribution in [0.15, 0.2) is 18.5 Å². The molecule has 74 valence electrons. The quantitative estimate of drug-likeness (QED) is 0.718. The van der Waals surface area contributed by atoms with Crippen LogP contribution in [0.5, 0.6) is 0 Å². The number of aliphatic hydroxyl groups excluding tert-OH is 1. The summed E-state index contributed by atoms with van der Waals surface area (Å²) in [6, 6.07) is 2.07. The number of aromatic amines is 1. The van der Waals surface area contributed by atoms with Gasteiger partial charge in [-0.15, -0.1) is 0 Å². The van der Waals surface area contributed by atoms with E-state index in [1.54, 1.807) is 0 Å². The second-order valence-corrected chi connectivity index (χ2v) is 3.59. The maximum atomic E-state index is 9.09. The molecule has 0 aliphatic heterocycles. The van der Waals surface area contributed by atoms with Crippen molar-refractivity contribution in [3.63, 3.8) is 0 Å². The minimum atomic E-state index is -0.200. The molecule has 0 aliphatic rings. The fourth-order valence-corrected chi connectivity index (χ4v) is 1.25. The van der Waals surface area contributed by atoms with Crippen molar-refractivity contribution in [3.8, 4) is 0 Å². The molecular formula is C10H18N2O. The smallest absolute Gasteiger partial charge is 0.0524 e. The van der Waals surface area contributed by atoms with Gasteiger partial charge in [0.2, 0.25) is 0 Å². The van der Waals surface area contributed by atoms with Crippen LogP contribution in [0.1, 0.15) is 18.9 Å². The van der Waals surface area contributed by atoms with Gasteiger partial charge in [-0.3, -0.25) is 0 Å².